The van der Waals surface area contributed by atoms with Gasteiger partial charge in [0.05, 0.1) is 12.3 Å². The largest absolute Gasteiger partial charge is 0.454 e. The number of sulfonamides is 1. The van der Waals surface area contributed by atoms with Crippen molar-refractivity contribution in [3.63, 3.8) is 0 Å². The van der Waals surface area contributed by atoms with Gasteiger partial charge in [-0.05, 0) is 29.8 Å². The molecule has 1 aliphatic rings. The van der Waals surface area contributed by atoms with Gasteiger partial charge < -0.3 is 14.8 Å². The van der Waals surface area contributed by atoms with E-state index in [1.54, 1.807) is 42.5 Å². The highest BCUT2D eigenvalue weighted by molar-refractivity contribution is 7.88. The van der Waals surface area contributed by atoms with Crippen LogP contribution in [0.3, 0.4) is 0 Å². The fourth-order valence-electron chi connectivity index (χ4n) is 2.21. The molecular formula is C16H15ClN2O5S. The molecule has 1 heterocycles. The van der Waals surface area contributed by atoms with Gasteiger partial charge in [-0.25, -0.2) is 13.1 Å². The zero-order chi connectivity index (χ0) is 17.9. The van der Waals surface area contributed by atoms with E-state index in [-0.39, 0.29) is 19.1 Å². The Kier molecular flexibility index (Phi) is 5.12. The highest BCUT2D eigenvalue weighted by atomic mass is 35.5. The van der Waals surface area contributed by atoms with Crippen LogP contribution in [0.2, 0.25) is 5.02 Å². The first-order valence-electron chi connectivity index (χ1n) is 7.32. The summed E-state index contributed by atoms with van der Waals surface area (Å²) in [5.74, 6) is 0.405. The van der Waals surface area contributed by atoms with Gasteiger partial charge in [0.2, 0.25) is 22.7 Å². The highest BCUT2D eigenvalue weighted by Gasteiger charge is 2.16. The zero-order valence-electron chi connectivity index (χ0n) is 13.0. The van der Waals surface area contributed by atoms with Gasteiger partial charge in [0.25, 0.3) is 0 Å². The Bertz CT molecular complexity index is 884. The molecule has 9 heteroatoms. The van der Waals surface area contributed by atoms with Crippen LogP contribution in [0.5, 0.6) is 11.5 Å². The summed E-state index contributed by atoms with van der Waals surface area (Å²) < 4.78 is 36.7. The SMILES string of the molecule is O=C(CNS(=O)(=O)Cc1ccc(Cl)cc1)Nc1ccc2c(c1)OCO2. The van der Waals surface area contributed by atoms with Crippen LogP contribution >= 0.6 is 11.6 Å². The molecule has 3 rings (SSSR count). The first-order valence-corrected chi connectivity index (χ1v) is 9.36. The van der Waals surface area contributed by atoms with Crippen molar-refractivity contribution in [1.29, 1.82) is 0 Å². The molecule has 0 spiro atoms. The molecule has 1 amide bonds. The Hall–Kier alpha value is -2.29. The van der Waals surface area contributed by atoms with Gasteiger partial charge in [0, 0.05) is 16.8 Å². The Labute approximate surface area is 149 Å². The molecule has 25 heavy (non-hydrogen) atoms. The van der Waals surface area contributed by atoms with E-state index in [2.05, 4.69) is 10.0 Å². The third kappa shape index (κ3) is 4.85. The molecule has 0 saturated carbocycles. The fraction of sp³-hybridized carbons (Fsp3) is 0.188. The van der Waals surface area contributed by atoms with Crippen LogP contribution in [0.25, 0.3) is 0 Å². The number of benzene rings is 2. The second kappa shape index (κ2) is 7.30. The van der Waals surface area contributed by atoms with E-state index in [4.69, 9.17) is 21.1 Å². The maximum absolute atomic E-state index is 12.0. The fourth-order valence-corrected chi connectivity index (χ4v) is 3.42. The van der Waals surface area contributed by atoms with Crippen LogP contribution in [0.15, 0.2) is 42.5 Å². The van der Waals surface area contributed by atoms with Crippen LogP contribution in [0, 0.1) is 0 Å². The van der Waals surface area contributed by atoms with Gasteiger partial charge in [-0.15, -0.1) is 0 Å². The third-order valence-electron chi connectivity index (χ3n) is 3.38. The average Bonchev–Trinajstić information content (AvgIpc) is 3.03. The molecule has 132 valence electrons. The van der Waals surface area contributed by atoms with Crippen molar-refractivity contribution in [2.24, 2.45) is 0 Å². The second-order valence-electron chi connectivity index (χ2n) is 5.32. The van der Waals surface area contributed by atoms with E-state index in [0.29, 0.717) is 27.8 Å². The van der Waals surface area contributed by atoms with Gasteiger partial charge in [-0.1, -0.05) is 23.7 Å². The summed E-state index contributed by atoms with van der Waals surface area (Å²) in [4.78, 5) is 11.9. The number of rotatable bonds is 6. The summed E-state index contributed by atoms with van der Waals surface area (Å²) in [5.41, 5.74) is 1.07. The lowest BCUT2D eigenvalue weighted by Crippen LogP contribution is -2.33. The van der Waals surface area contributed by atoms with E-state index in [1.165, 1.54) is 0 Å². The van der Waals surface area contributed by atoms with Gasteiger partial charge in [0.15, 0.2) is 11.5 Å². The number of hydrogen-bond acceptors (Lipinski definition) is 5. The lowest BCUT2D eigenvalue weighted by Gasteiger charge is -2.08. The molecule has 0 unspecified atom stereocenters. The molecule has 2 N–H and O–H groups in total. The van der Waals surface area contributed by atoms with Crippen LogP contribution in [-0.2, 0) is 20.6 Å². The van der Waals surface area contributed by atoms with Crippen molar-refractivity contribution in [3.05, 3.63) is 53.1 Å². The molecule has 0 radical (unpaired) electrons. The van der Waals surface area contributed by atoms with E-state index in [0.717, 1.165) is 0 Å². The van der Waals surface area contributed by atoms with Gasteiger partial charge in [0.1, 0.15) is 0 Å². The molecule has 0 fully saturated rings. The maximum atomic E-state index is 12.0. The molecule has 2 aromatic carbocycles. The number of nitrogens with one attached hydrogen (secondary N) is 2. The van der Waals surface area contributed by atoms with E-state index in [1.807, 2.05) is 0 Å². The van der Waals surface area contributed by atoms with Crippen LogP contribution in [0.1, 0.15) is 5.56 Å². The van der Waals surface area contributed by atoms with Crippen molar-refractivity contribution in [2.45, 2.75) is 5.75 Å². The number of carbonyl (C=O) groups excluding carboxylic acids is 1. The van der Waals surface area contributed by atoms with Crippen LogP contribution < -0.4 is 19.5 Å². The standard InChI is InChI=1S/C16H15ClN2O5S/c17-12-3-1-11(2-4-12)9-25(21,22)18-8-16(20)19-13-5-6-14-15(7-13)24-10-23-14/h1-7,18H,8-10H2,(H,19,20). The topological polar surface area (TPSA) is 93.7 Å². The minimum Gasteiger partial charge on any atom is -0.454 e. The molecule has 0 saturated heterocycles. The lowest BCUT2D eigenvalue weighted by atomic mass is 10.2. The number of carbonyl (C=O) groups is 1. The minimum absolute atomic E-state index is 0.136. The summed E-state index contributed by atoms with van der Waals surface area (Å²) in [6.45, 7) is -0.235. The Morgan fingerprint density at radius 3 is 2.56 bits per heavy atom. The summed E-state index contributed by atoms with van der Waals surface area (Å²) in [6.07, 6.45) is 0. The number of ether oxygens (including phenoxy) is 2. The molecular weight excluding hydrogens is 368 g/mol. The van der Waals surface area contributed by atoms with Crippen molar-refractivity contribution >= 4 is 33.2 Å². The molecule has 0 atom stereocenters. The zero-order valence-corrected chi connectivity index (χ0v) is 14.6. The van der Waals surface area contributed by atoms with E-state index in [9.17, 15) is 13.2 Å². The summed E-state index contributed by atoms with van der Waals surface area (Å²) in [5, 5.41) is 3.12. The van der Waals surface area contributed by atoms with Crippen LogP contribution in [-0.4, -0.2) is 27.7 Å². The van der Waals surface area contributed by atoms with Crippen molar-refractivity contribution in [3.8, 4) is 11.5 Å². The van der Waals surface area contributed by atoms with E-state index >= 15 is 0 Å². The third-order valence-corrected chi connectivity index (χ3v) is 4.93. The molecule has 0 aromatic heterocycles. The summed E-state index contributed by atoms with van der Waals surface area (Å²) in [6, 6.07) is 11.4. The van der Waals surface area contributed by atoms with Crippen LogP contribution in [0.4, 0.5) is 5.69 Å². The Morgan fingerprint density at radius 1 is 1.08 bits per heavy atom. The lowest BCUT2D eigenvalue weighted by molar-refractivity contribution is -0.115. The quantitative estimate of drug-likeness (QED) is 0.798. The predicted molar refractivity (Wildman–Crippen MR) is 93.3 cm³/mol. The minimum atomic E-state index is -3.64. The Balaban J connectivity index is 1.53. The molecule has 7 nitrogen and oxygen atoms in total. The average molecular weight is 383 g/mol. The monoisotopic (exact) mass is 382 g/mol. The van der Waals surface area contributed by atoms with Gasteiger partial charge >= 0.3 is 0 Å². The number of fused-ring (bicyclic) bond motifs is 1. The van der Waals surface area contributed by atoms with Gasteiger partial charge in [-0.2, -0.15) is 0 Å². The predicted octanol–water partition coefficient (Wildman–Crippen LogP) is 2.13. The number of amides is 1. The Morgan fingerprint density at radius 2 is 1.80 bits per heavy atom. The first kappa shape index (κ1) is 17.5. The first-order chi connectivity index (χ1) is 11.9. The van der Waals surface area contributed by atoms with Crippen molar-refractivity contribution in [1.82, 2.24) is 4.72 Å². The molecule has 1 aliphatic heterocycles. The van der Waals surface area contributed by atoms with Crippen molar-refractivity contribution < 1.29 is 22.7 Å². The smallest absolute Gasteiger partial charge is 0.239 e. The number of halogens is 1. The highest BCUT2D eigenvalue weighted by Crippen LogP contribution is 2.34. The van der Waals surface area contributed by atoms with Gasteiger partial charge in [-0.3, -0.25) is 4.79 Å². The normalized spacial score (nSPS) is 12.8. The molecule has 0 bridgehead atoms. The van der Waals surface area contributed by atoms with Crippen molar-refractivity contribution in [2.75, 3.05) is 18.7 Å². The molecule has 2 aromatic rings. The second-order valence-corrected chi connectivity index (χ2v) is 7.57. The summed E-state index contributed by atoms with van der Waals surface area (Å²) >= 11 is 5.76. The molecule has 0 aliphatic carbocycles. The number of hydrogen-bond donors (Lipinski definition) is 2. The maximum Gasteiger partial charge on any atom is 0.239 e. The van der Waals surface area contributed by atoms with E-state index < -0.39 is 15.9 Å². The summed E-state index contributed by atoms with van der Waals surface area (Å²) in [7, 11) is -3.64. The number of anilines is 1.